The molecule has 2 aliphatic rings. The third kappa shape index (κ3) is 4.05. The lowest BCUT2D eigenvalue weighted by molar-refractivity contribution is -0.121. The second-order valence-electron chi connectivity index (χ2n) is 7.24. The Morgan fingerprint density at radius 3 is 2.69 bits per heavy atom. The van der Waals surface area contributed by atoms with Crippen molar-refractivity contribution >= 4 is 33.2 Å². The lowest BCUT2D eigenvalue weighted by Crippen LogP contribution is -2.32. The summed E-state index contributed by atoms with van der Waals surface area (Å²) in [7, 11) is -3.65. The quantitative estimate of drug-likeness (QED) is 0.718. The number of phenolic OH excluding ortho intramolecular Hbond substituents is 1. The van der Waals surface area contributed by atoms with Crippen molar-refractivity contribution in [1.82, 2.24) is 4.31 Å². The molecule has 0 bridgehead atoms. The molecule has 29 heavy (non-hydrogen) atoms. The van der Waals surface area contributed by atoms with Gasteiger partial charge in [0.1, 0.15) is 18.1 Å². The lowest BCUT2D eigenvalue weighted by Gasteiger charge is -2.25. The normalized spacial score (nSPS) is 19.4. The third-order valence-corrected chi connectivity index (χ3v) is 7.36. The zero-order valence-corrected chi connectivity index (χ0v) is 17.2. The molecule has 1 fully saturated rings. The molecular formula is C20H21ClN2O5S. The fraction of sp³-hybridized carbons (Fsp3) is 0.350. The first-order chi connectivity index (χ1) is 13.8. The van der Waals surface area contributed by atoms with E-state index in [4.69, 9.17) is 16.3 Å². The van der Waals surface area contributed by atoms with Crippen molar-refractivity contribution in [2.45, 2.75) is 24.2 Å². The van der Waals surface area contributed by atoms with Gasteiger partial charge in [0.2, 0.25) is 15.9 Å². The molecular weight excluding hydrogens is 416 g/mol. The molecule has 0 spiro atoms. The van der Waals surface area contributed by atoms with Crippen LogP contribution >= 0.6 is 11.6 Å². The number of nitrogens with one attached hydrogen (secondary N) is 1. The molecule has 2 heterocycles. The van der Waals surface area contributed by atoms with Crippen LogP contribution in [0.5, 0.6) is 11.5 Å². The van der Waals surface area contributed by atoms with E-state index in [1.807, 2.05) is 0 Å². The molecule has 1 unspecified atom stereocenters. The smallest absolute Gasteiger partial charge is 0.243 e. The van der Waals surface area contributed by atoms with Crippen LogP contribution in [-0.2, 0) is 21.2 Å². The molecule has 154 valence electrons. The van der Waals surface area contributed by atoms with Crippen LogP contribution in [0.25, 0.3) is 0 Å². The number of rotatable bonds is 4. The van der Waals surface area contributed by atoms with Gasteiger partial charge in [-0.25, -0.2) is 8.42 Å². The van der Waals surface area contributed by atoms with Crippen LogP contribution in [0, 0.1) is 5.92 Å². The van der Waals surface area contributed by atoms with Gasteiger partial charge >= 0.3 is 0 Å². The molecule has 1 saturated heterocycles. The van der Waals surface area contributed by atoms with Gasteiger partial charge in [0, 0.05) is 18.1 Å². The van der Waals surface area contributed by atoms with Gasteiger partial charge < -0.3 is 15.2 Å². The minimum absolute atomic E-state index is 0.0459. The Morgan fingerprint density at radius 2 is 1.93 bits per heavy atom. The minimum atomic E-state index is -3.65. The zero-order valence-electron chi connectivity index (χ0n) is 15.6. The van der Waals surface area contributed by atoms with E-state index in [2.05, 4.69) is 5.32 Å². The number of aromatic hydroxyl groups is 1. The van der Waals surface area contributed by atoms with Crippen molar-refractivity contribution in [1.29, 1.82) is 0 Å². The van der Waals surface area contributed by atoms with Crippen LogP contribution in [0.1, 0.15) is 18.4 Å². The monoisotopic (exact) mass is 436 g/mol. The molecule has 2 aromatic rings. The van der Waals surface area contributed by atoms with Crippen LogP contribution in [0.4, 0.5) is 5.69 Å². The van der Waals surface area contributed by atoms with Crippen LogP contribution in [-0.4, -0.2) is 43.4 Å². The molecule has 0 radical (unpaired) electrons. The first-order valence-corrected chi connectivity index (χ1v) is 11.2. The third-order valence-electron chi connectivity index (χ3n) is 5.23. The number of hydrogen-bond donors (Lipinski definition) is 2. The average molecular weight is 437 g/mol. The summed E-state index contributed by atoms with van der Waals surface area (Å²) in [6, 6.07) is 9.19. The van der Waals surface area contributed by atoms with Crippen molar-refractivity contribution in [3.8, 4) is 11.5 Å². The first-order valence-electron chi connectivity index (χ1n) is 9.40. The SMILES string of the molecule is O=C(Nc1cc(S(=O)(=O)N2CCCC2)ccc1O)C1COc2ccc(Cl)cc2C1. The summed E-state index contributed by atoms with van der Waals surface area (Å²) in [5.41, 5.74) is 0.894. The summed E-state index contributed by atoms with van der Waals surface area (Å²) >= 11 is 6.02. The fourth-order valence-corrected chi connectivity index (χ4v) is 5.36. The number of halogens is 1. The van der Waals surface area contributed by atoms with Gasteiger partial charge in [-0.1, -0.05) is 11.6 Å². The molecule has 0 saturated carbocycles. The number of fused-ring (bicyclic) bond motifs is 1. The van der Waals surface area contributed by atoms with E-state index in [1.165, 1.54) is 22.5 Å². The molecule has 2 aromatic carbocycles. The average Bonchev–Trinajstić information content (AvgIpc) is 3.24. The van der Waals surface area contributed by atoms with Gasteiger partial charge in [0.05, 0.1) is 16.5 Å². The van der Waals surface area contributed by atoms with Crippen molar-refractivity contribution in [2.75, 3.05) is 25.0 Å². The maximum Gasteiger partial charge on any atom is 0.243 e. The van der Waals surface area contributed by atoms with Gasteiger partial charge in [-0.2, -0.15) is 4.31 Å². The van der Waals surface area contributed by atoms with Crippen molar-refractivity contribution < 1.29 is 23.1 Å². The summed E-state index contributed by atoms with van der Waals surface area (Å²) < 4.78 is 32.6. The standard InChI is InChI=1S/C20H21ClN2O5S/c21-15-3-6-19-13(10-15)9-14(12-28-19)20(25)22-17-11-16(4-5-18(17)24)29(26,27)23-7-1-2-8-23/h3-6,10-11,14,24H,1-2,7-9,12H2,(H,22,25). The molecule has 0 aromatic heterocycles. The topological polar surface area (TPSA) is 95.9 Å². The van der Waals surface area contributed by atoms with E-state index in [9.17, 15) is 18.3 Å². The number of anilines is 1. The van der Waals surface area contributed by atoms with Crippen LogP contribution in [0.15, 0.2) is 41.3 Å². The van der Waals surface area contributed by atoms with Crippen LogP contribution < -0.4 is 10.1 Å². The first kappa shape index (κ1) is 20.0. The highest BCUT2D eigenvalue weighted by molar-refractivity contribution is 7.89. The van der Waals surface area contributed by atoms with E-state index in [0.717, 1.165) is 18.4 Å². The maximum absolute atomic E-state index is 12.8. The van der Waals surface area contributed by atoms with Crippen LogP contribution in [0.2, 0.25) is 5.02 Å². The van der Waals surface area contributed by atoms with Gasteiger partial charge in [0.15, 0.2) is 0 Å². The number of nitrogens with zero attached hydrogens (tertiary/aromatic N) is 1. The fourth-order valence-electron chi connectivity index (χ4n) is 3.62. The number of ether oxygens (including phenoxy) is 1. The Hall–Kier alpha value is -2.29. The number of carbonyl (C=O) groups excluding carboxylic acids is 1. The second-order valence-corrected chi connectivity index (χ2v) is 9.62. The summed E-state index contributed by atoms with van der Waals surface area (Å²) in [6.07, 6.45) is 2.09. The lowest BCUT2D eigenvalue weighted by atomic mass is 9.96. The minimum Gasteiger partial charge on any atom is -0.506 e. The van der Waals surface area contributed by atoms with Gasteiger partial charge in [0.25, 0.3) is 0 Å². The zero-order chi connectivity index (χ0) is 20.6. The highest BCUT2D eigenvalue weighted by Crippen LogP contribution is 2.32. The molecule has 2 N–H and O–H groups in total. The van der Waals surface area contributed by atoms with Gasteiger partial charge in [-0.15, -0.1) is 0 Å². The molecule has 7 nitrogen and oxygen atoms in total. The van der Waals surface area contributed by atoms with Crippen LogP contribution in [0.3, 0.4) is 0 Å². The Kier molecular flexibility index (Phi) is 5.42. The predicted molar refractivity (Wildman–Crippen MR) is 109 cm³/mol. The van der Waals surface area contributed by atoms with E-state index >= 15 is 0 Å². The van der Waals surface area contributed by atoms with E-state index in [1.54, 1.807) is 18.2 Å². The maximum atomic E-state index is 12.8. The van der Waals surface area contributed by atoms with Gasteiger partial charge in [-0.05, 0) is 61.2 Å². The Labute approximate surface area is 174 Å². The molecule has 9 heteroatoms. The molecule has 1 amide bonds. The number of sulfonamides is 1. The van der Waals surface area contributed by atoms with Crippen molar-refractivity contribution in [3.63, 3.8) is 0 Å². The molecule has 0 aliphatic carbocycles. The Balaban J connectivity index is 1.53. The summed E-state index contributed by atoms with van der Waals surface area (Å²) in [6.45, 7) is 1.14. The van der Waals surface area contributed by atoms with Crippen molar-refractivity contribution in [3.05, 3.63) is 47.0 Å². The molecule has 1 atom stereocenters. The summed E-state index contributed by atoms with van der Waals surface area (Å²) in [4.78, 5) is 12.8. The largest absolute Gasteiger partial charge is 0.506 e. The number of phenols is 1. The summed E-state index contributed by atoms with van der Waals surface area (Å²) in [5, 5.41) is 13.3. The second kappa shape index (κ2) is 7.85. The van der Waals surface area contributed by atoms with E-state index in [-0.39, 0.29) is 28.8 Å². The number of amides is 1. The highest BCUT2D eigenvalue weighted by Gasteiger charge is 2.29. The van der Waals surface area contributed by atoms with Gasteiger partial charge in [-0.3, -0.25) is 4.79 Å². The van der Waals surface area contributed by atoms with E-state index in [0.29, 0.717) is 30.3 Å². The highest BCUT2D eigenvalue weighted by atomic mass is 35.5. The number of benzene rings is 2. The summed E-state index contributed by atoms with van der Waals surface area (Å²) in [5.74, 6) is -0.347. The predicted octanol–water partition coefficient (Wildman–Crippen LogP) is 3.02. The number of carbonyl (C=O) groups is 1. The Morgan fingerprint density at radius 1 is 1.17 bits per heavy atom. The van der Waals surface area contributed by atoms with Crippen molar-refractivity contribution in [2.24, 2.45) is 5.92 Å². The Bertz CT molecular complexity index is 1050. The van der Waals surface area contributed by atoms with E-state index < -0.39 is 15.9 Å². The number of hydrogen-bond acceptors (Lipinski definition) is 5. The molecule has 4 rings (SSSR count). The molecule has 2 aliphatic heterocycles.